The van der Waals surface area contributed by atoms with E-state index in [2.05, 4.69) is 71.3 Å². The van der Waals surface area contributed by atoms with Crippen molar-refractivity contribution >= 4 is 53.5 Å². The van der Waals surface area contributed by atoms with Gasteiger partial charge in [-0.3, -0.25) is 0 Å². The predicted molar refractivity (Wildman–Crippen MR) is 97.1 cm³/mol. The number of nitrogens with one attached hydrogen (secondary N) is 1. The van der Waals surface area contributed by atoms with Crippen LogP contribution in [0, 0.1) is 0 Å². The molecule has 5 heteroatoms. The lowest BCUT2D eigenvalue weighted by Gasteiger charge is -2.21. The van der Waals surface area contributed by atoms with Crippen molar-refractivity contribution in [2.45, 2.75) is 18.9 Å². The zero-order valence-electron chi connectivity index (χ0n) is 11.2. The molecule has 0 bridgehead atoms. The Kier molecular flexibility index (Phi) is 4.92. The molecule has 3 rings (SSSR count). The lowest BCUT2D eigenvalue weighted by molar-refractivity contribution is 0.316. The maximum atomic E-state index is 5.86. The van der Waals surface area contributed by atoms with Crippen molar-refractivity contribution in [1.29, 1.82) is 0 Å². The number of fused-ring (bicyclic) bond motifs is 1. The van der Waals surface area contributed by atoms with Gasteiger partial charge in [-0.15, -0.1) is 0 Å². The first-order valence-corrected chi connectivity index (χ1v) is 9.15. The van der Waals surface area contributed by atoms with Gasteiger partial charge in [-0.05, 0) is 59.1 Å². The summed E-state index contributed by atoms with van der Waals surface area (Å²) in [6, 6.07) is 12.7. The van der Waals surface area contributed by atoms with E-state index in [0.717, 1.165) is 44.3 Å². The molecule has 2 aromatic rings. The third-order valence-corrected chi connectivity index (χ3v) is 5.18. The van der Waals surface area contributed by atoms with Gasteiger partial charge in [-0.1, -0.05) is 37.9 Å². The van der Waals surface area contributed by atoms with E-state index in [1.165, 1.54) is 5.56 Å². The Balaban J connectivity index is 1.94. The Labute approximate surface area is 149 Å². The quantitative estimate of drug-likeness (QED) is 0.550. The molecule has 0 spiro atoms. The fourth-order valence-corrected chi connectivity index (χ4v) is 3.55. The van der Waals surface area contributed by atoms with Crippen LogP contribution in [0.5, 0.6) is 5.75 Å². The number of hydrogen-bond acceptors (Lipinski definition) is 2. The lowest BCUT2D eigenvalue weighted by Crippen LogP contribution is -2.10. The van der Waals surface area contributed by atoms with E-state index in [1.807, 2.05) is 18.2 Å². The van der Waals surface area contributed by atoms with Gasteiger partial charge in [0.05, 0.1) is 18.3 Å². The zero-order valence-corrected chi connectivity index (χ0v) is 16.0. The van der Waals surface area contributed by atoms with E-state index in [1.54, 1.807) is 0 Å². The average Bonchev–Trinajstić information content (AvgIpc) is 2.65. The summed E-state index contributed by atoms with van der Waals surface area (Å²) >= 11 is 10.6. The number of benzene rings is 2. The van der Waals surface area contributed by atoms with Crippen molar-refractivity contribution < 1.29 is 4.74 Å². The molecule has 21 heavy (non-hydrogen) atoms. The maximum absolute atomic E-state index is 5.86. The summed E-state index contributed by atoms with van der Waals surface area (Å²) in [4.78, 5) is 0. The monoisotopic (exact) mass is 473 g/mol. The van der Waals surface area contributed by atoms with Crippen molar-refractivity contribution in [1.82, 2.24) is 0 Å². The Morgan fingerprint density at radius 1 is 1.00 bits per heavy atom. The molecule has 1 atom stereocenters. The van der Waals surface area contributed by atoms with E-state index >= 15 is 0 Å². The van der Waals surface area contributed by atoms with Crippen LogP contribution in [0.2, 0.25) is 0 Å². The Morgan fingerprint density at radius 2 is 1.76 bits per heavy atom. The minimum absolute atomic E-state index is 0.251. The van der Waals surface area contributed by atoms with Crippen molar-refractivity contribution in [2.75, 3.05) is 11.9 Å². The summed E-state index contributed by atoms with van der Waals surface area (Å²) in [6.07, 6.45) is 2.09. The van der Waals surface area contributed by atoms with Crippen LogP contribution >= 0.6 is 47.8 Å². The van der Waals surface area contributed by atoms with Gasteiger partial charge in [0.1, 0.15) is 5.75 Å². The molecule has 0 fully saturated rings. The molecule has 0 aliphatic carbocycles. The highest BCUT2D eigenvalue weighted by molar-refractivity contribution is 9.11. The second-order valence-electron chi connectivity index (χ2n) is 4.99. The van der Waals surface area contributed by atoms with Crippen LogP contribution in [0.4, 0.5) is 5.69 Å². The largest absolute Gasteiger partial charge is 0.493 e. The predicted octanol–water partition coefficient (Wildman–Crippen LogP) is 6.30. The van der Waals surface area contributed by atoms with Crippen molar-refractivity contribution in [2.24, 2.45) is 0 Å². The van der Waals surface area contributed by atoms with Gasteiger partial charge in [0.25, 0.3) is 0 Å². The molecular formula is C16H14Br3NO. The highest BCUT2D eigenvalue weighted by atomic mass is 79.9. The Morgan fingerprint density at radius 3 is 2.62 bits per heavy atom. The third kappa shape index (κ3) is 3.63. The van der Waals surface area contributed by atoms with Crippen LogP contribution in [-0.2, 0) is 0 Å². The molecule has 110 valence electrons. The first-order chi connectivity index (χ1) is 10.1. The van der Waals surface area contributed by atoms with Crippen LogP contribution in [0.15, 0.2) is 49.8 Å². The van der Waals surface area contributed by atoms with Crippen LogP contribution in [-0.4, -0.2) is 6.61 Å². The van der Waals surface area contributed by atoms with Crippen molar-refractivity contribution in [3.05, 3.63) is 55.4 Å². The first-order valence-electron chi connectivity index (χ1n) is 6.77. The number of halogens is 3. The third-order valence-electron chi connectivity index (χ3n) is 3.50. The smallest absolute Gasteiger partial charge is 0.125 e. The fourth-order valence-electron chi connectivity index (χ4n) is 2.49. The summed E-state index contributed by atoms with van der Waals surface area (Å²) in [7, 11) is 0. The maximum Gasteiger partial charge on any atom is 0.125 e. The summed E-state index contributed by atoms with van der Waals surface area (Å²) in [5.41, 5.74) is 2.30. The summed E-state index contributed by atoms with van der Waals surface area (Å²) in [5.74, 6) is 0.963. The van der Waals surface area contributed by atoms with Gasteiger partial charge in [-0.25, -0.2) is 0 Å². The highest BCUT2D eigenvalue weighted by Gasteiger charge is 2.20. The zero-order chi connectivity index (χ0) is 14.8. The molecule has 1 unspecified atom stereocenters. The van der Waals surface area contributed by atoms with Gasteiger partial charge >= 0.3 is 0 Å². The Bertz CT molecular complexity index is 660. The topological polar surface area (TPSA) is 21.3 Å². The van der Waals surface area contributed by atoms with E-state index in [9.17, 15) is 0 Å². The summed E-state index contributed by atoms with van der Waals surface area (Å²) < 4.78 is 9.04. The number of ether oxygens (including phenoxy) is 1. The van der Waals surface area contributed by atoms with E-state index in [4.69, 9.17) is 4.74 Å². The van der Waals surface area contributed by atoms with E-state index in [-0.39, 0.29) is 6.04 Å². The van der Waals surface area contributed by atoms with Gasteiger partial charge in [-0.2, -0.15) is 0 Å². The number of rotatable bonds is 2. The molecule has 1 aliphatic heterocycles. The van der Waals surface area contributed by atoms with Crippen LogP contribution < -0.4 is 10.1 Å². The van der Waals surface area contributed by atoms with Gasteiger partial charge in [0.2, 0.25) is 0 Å². The van der Waals surface area contributed by atoms with Crippen molar-refractivity contribution in [3.8, 4) is 5.75 Å². The molecule has 0 amide bonds. The summed E-state index contributed by atoms with van der Waals surface area (Å²) in [5, 5.41) is 3.63. The van der Waals surface area contributed by atoms with Crippen LogP contribution in [0.25, 0.3) is 0 Å². The molecule has 1 N–H and O–H groups in total. The second-order valence-corrected chi connectivity index (χ2v) is 7.68. The van der Waals surface area contributed by atoms with Crippen LogP contribution in [0.1, 0.15) is 24.4 Å². The molecule has 1 aliphatic rings. The highest BCUT2D eigenvalue weighted by Crippen LogP contribution is 2.37. The van der Waals surface area contributed by atoms with Crippen molar-refractivity contribution in [3.63, 3.8) is 0 Å². The van der Waals surface area contributed by atoms with E-state index < -0.39 is 0 Å². The number of anilines is 1. The normalized spacial score (nSPS) is 17.6. The summed E-state index contributed by atoms with van der Waals surface area (Å²) in [6.45, 7) is 0.765. The molecular weight excluding hydrogens is 462 g/mol. The molecule has 0 saturated heterocycles. The fraction of sp³-hybridized carbons (Fsp3) is 0.250. The lowest BCUT2D eigenvalue weighted by atomic mass is 10.0. The minimum atomic E-state index is 0.251. The second kappa shape index (κ2) is 6.71. The average molecular weight is 476 g/mol. The van der Waals surface area contributed by atoms with Gasteiger partial charge < -0.3 is 10.1 Å². The molecule has 2 aromatic carbocycles. The molecule has 0 aromatic heterocycles. The van der Waals surface area contributed by atoms with E-state index in [0.29, 0.717) is 0 Å². The minimum Gasteiger partial charge on any atom is -0.493 e. The first kappa shape index (κ1) is 15.4. The molecule has 2 nitrogen and oxygen atoms in total. The number of hydrogen-bond donors (Lipinski definition) is 1. The molecule has 0 radical (unpaired) electrons. The standard InChI is InChI=1S/C16H14Br3NO/c17-10-4-6-13(19)15(8-10)20-14-2-1-7-21-16-9-11(18)3-5-12(14)16/h3-6,8-9,14,20H,1-2,7H2. The van der Waals surface area contributed by atoms with Gasteiger partial charge in [0, 0.05) is 19.0 Å². The SMILES string of the molecule is Brc1ccc(Br)c(NC2CCCOc3cc(Br)ccc32)c1. The van der Waals surface area contributed by atoms with Gasteiger partial charge in [0.15, 0.2) is 0 Å². The molecule has 1 heterocycles. The Hall–Kier alpha value is -0.520. The molecule has 0 saturated carbocycles. The van der Waals surface area contributed by atoms with Crippen LogP contribution in [0.3, 0.4) is 0 Å².